The predicted molar refractivity (Wildman–Crippen MR) is 97.6 cm³/mol. The summed E-state index contributed by atoms with van der Waals surface area (Å²) in [7, 11) is 0. The molecule has 1 unspecified atom stereocenters. The maximum absolute atomic E-state index is 13.0. The lowest BCUT2D eigenvalue weighted by molar-refractivity contribution is 0.0336. The summed E-state index contributed by atoms with van der Waals surface area (Å²) in [6.07, 6.45) is 4.68. The number of benzene rings is 1. The summed E-state index contributed by atoms with van der Waals surface area (Å²) in [6.45, 7) is 7.29. The molecule has 1 aliphatic carbocycles. The zero-order valence-corrected chi connectivity index (χ0v) is 15.2. The average molecular weight is 343 g/mol. The molecule has 2 heterocycles. The molecule has 5 heteroatoms. The first-order chi connectivity index (χ1) is 12.2. The Morgan fingerprint density at radius 2 is 1.88 bits per heavy atom. The zero-order valence-electron chi connectivity index (χ0n) is 15.2. The molecule has 1 aromatic rings. The van der Waals surface area contributed by atoms with Crippen molar-refractivity contribution in [1.82, 2.24) is 15.1 Å². The third kappa shape index (κ3) is 3.67. The van der Waals surface area contributed by atoms with E-state index in [9.17, 15) is 4.79 Å². The van der Waals surface area contributed by atoms with Crippen molar-refractivity contribution in [3.05, 3.63) is 35.4 Å². The lowest BCUT2D eigenvalue weighted by Crippen LogP contribution is -2.48. The normalized spacial score (nSPS) is 23.6. The molecule has 3 aliphatic rings. The van der Waals surface area contributed by atoms with E-state index in [1.54, 1.807) is 0 Å². The van der Waals surface area contributed by atoms with Crippen molar-refractivity contribution < 1.29 is 9.53 Å². The van der Waals surface area contributed by atoms with E-state index in [0.29, 0.717) is 0 Å². The first-order valence-corrected chi connectivity index (χ1v) is 9.61. The summed E-state index contributed by atoms with van der Waals surface area (Å²) in [6, 6.07) is 8.71. The zero-order chi connectivity index (χ0) is 17.3. The Morgan fingerprint density at radius 3 is 2.56 bits per heavy atom. The first-order valence-electron chi connectivity index (χ1n) is 9.61. The van der Waals surface area contributed by atoms with Gasteiger partial charge in [0.25, 0.3) is 0 Å². The number of morpholine rings is 1. The van der Waals surface area contributed by atoms with E-state index in [-0.39, 0.29) is 17.6 Å². The molecule has 4 rings (SSSR count). The third-order valence-corrected chi connectivity index (χ3v) is 5.99. The van der Waals surface area contributed by atoms with Gasteiger partial charge in [-0.3, -0.25) is 4.90 Å². The molecule has 0 bridgehead atoms. The molecule has 136 valence electrons. The highest BCUT2D eigenvalue weighted by atomic mass is 16.5. The Morgan fingerprint density at radius 1 is 1.16 bits per heavy atom. The fourth-order valence-corrected chi connectivity index (χ4v) is 4.22. The van der Waals surface area contributed by atoms with Crippen LogP contribution in [0.3, 0.4) is 0 Å². The monoisotopic (exact) mass is 343 g/mol. The number of urea groups is 1. The van der Waals surface area contributed by atoms with Gasteiger partial charge in [-0.05, 0) is 38.2 Å². The number of aryl methyl sites for hydroxylation is 1. The van der Waals surface area contributed by atoms with E-state index >= 15 is 0 Å². The van der Waals surface area contributed by atoms with Gasteiger partial charge < -0.3 is 15.0 Å². The van der Waals surface area contributed by atoms with Crippen LogP contribution in [0.1, 0.15) is 42.9 Å². The lowest BCUT2D eigenvalue weighted by atomic mass is 10.0. The van der Waals surface area contributed by atoms with Gasteiger partial charge >= 0.3 is 6.03 Å². The van der Waals surface area contributed by atoms with Gasteiger partial charge in [-0.15, -0.1) is 0 Å². The standard InChI is InChI=1S/C20H29N3O2/c1-16-3-5-17(6-4-16)18(15-22-11-13-25-14-12-22)21-19(24)23-10-2-7-20(23)8-9-20/h3-6,18H,2,7-15H2,1H3,(H,21,24). The third-order valence-electron chi connectivity index (χ3n) is 5.99. The molecule has 2 amide bonds. The highest BCUT2D eigenvalue weighted by molar-refractivity contribution is 5.76. The Balaban J connectivity index is 1.48. The van der Waals surface area contributed by atoms with Crippen molar-refractivity contribution in [2.24, 2.45) is 0 Å². The number of carbonyl (C=O) groups excluding carboxylic acids is 1. The molecule has 3 fully saturated rings. The van der Waals surface area contributed by atoms with Gasteiger partial charge in [0, 0.05) is 31.7 Å². The number of hydrogen-bond acceptors (Lipinski definition) is 3. The quantitative estimate of drug-likeness (QED) is 0.914. The van der Waals surface area contributed by atoms with Crippen molar-refractivity contribution in [2.75, 3.05) is 39.4 Å². The Hall–Kier alpha value is -1.59. The van der Waals surface area contributed by atoms with Crippen LogP contribution >= 0.6 is 0 Å². The van der Waals surface area contributed by atoms with Crippen LogP contribution in [0.4, 0.5) is 4.79 Å². The molecule has 1 spiro atoms. The van der Waals surface area contributed by atoms with Crippen LogP contribution < -0.4 is 5.32 Å². The summed E-state index contributed by atoms with van der Waals surface area (Å²) < 4.78 is 5.46. The maximum atomic E-state index is 13.0. The van der Waals surface area contributed by atoms with Gasteiger partial charge in [0.15, 0.2) is 0 Å². The van der Waals surface area contributed by atoms with Gasteiger partial charge in [0.05, 0.1) is 19.3 Å². The topological polar surface area (TPSA) is 44.8 Å². The SMILES string of the molecule is Cc1ccc(C(CN2CCOCC2)NC(=O)N2CCCC23CC3)cc1. The molecule has 0 radical (unpaired) electrons. The fraction of sp³-hybridized carbons (Fsp3) is 0.650. The van der Waals surface area contributed by atoms with Gasteiger partial charge in [-0.2, -0.15) is 0 Å². The minimum Gasteiger partial charge on any atom is -0.379 e. The smallest absolute Gasteiger partial charge is 0.318 e. The minimum absolute atomic E-state index is 0.0302. The molecule has 1 saturated carbocycles. The van der Waals surface area contributed by atoms with E-state index in [4.69, 9.17) is 4.74 Å². The van der Waals surface area contributed by atoms with Crippen LogP contribution in [0.2, 0.25) is 0 Å². The molecule has 2 aliphatic heterocycles. The van der Waals surface area contributed by atoms with Crippen molar-refractivity contribution in [3.63, 3.8) is 0 Å². The van der Waals surface area contributed by atoms with E-state index < -0.39 is 0 Å². The average Bonchev–Trinajstić information content (AvgIpc) is 3.26. The molecule has 25 heavy (non-hydrogen) atoms. The second-order valence-electron chi connectivity index (χ2n) is 7.81. The van der Waals surface area contributed by atoms with Crippen molar-refractivity contribution in [1.29, 1.82) is 0 Å². The number of carbonyl (C=O) groups is 1. The van der Waals surface area contributed by atoms with E-state index in [1.807, 2.05) is 0 Å². The molecule has 0 aromatic heterocycles. The second-order valence-corrected chi connectivity index (χ2v) is 7.81. The van der Waals surface area contributed by atoms with Crippen LogP contribution in [-0.4, -0.2) is 60.8 Å². The van der Waals surface area contributed by atoms with Gasteiger partial charge in [-0.1, -0.05) is 29.8 Å². The van der Waals surface area contributed by atoms with Crippen molar-refractivity contribution in [2.45, 2.75) is 44.2 Å². The fourth-order valence-electron chi connectivity index (χ4n) is 4.22. The number of nitrogens with one attached hydrogen (secondary N) is 1. The molecule has 2 saturated heterocycles. The van der Waals surface area contributed by atoms with Crippen LogP contribution in [0.5, 0.6) is 0 Å². The van der Waals surface area contributed by atoms with E-state index in [1.165, 1.54) is 30.4 Å². The largest absolute Gasteiger partial charge is 0.379 e. The Labute approximate surface area is 150 Å². The van der Waals surface area contributed by atoms with Gasteiger partial charge in [0.2, 0.25) is 0 Å². The summed E-state index contributed by atoms with van der Waals surface area (Å²) in [5, 5.41) is 3.34. The maximum Gasteiger partial charge on any atom is 0.318 e. The second kappa shape index (κ2) is 6.96. The minimum atomic E-state index is 0.0302. The van der Waals surface area contributed by atoms with Crippen LogP contribution in [0.15, 0.2) is 24.3 Å². The summed E-state index contributed by atoms with van der Waals surface area (Å²) in [5.74, 6) is 0. The number of ether oxygens (including phenoxy) is 1. The summed E-state index contributed by atoms with van der Waals surface area (Å²) >= 11 is 0. The van der Waals surface area contributed by atoms with Gasteiger partial charge in [-0.25, -0.2) is 4.79 Å². The lowest BCUT2D eigenvalue weighted by Gasteiger charge is -2.33. The molecular weight excluding hydrogens is 314 g/mol. The summed E-state index contributed by atoms with van der Waals surface area (Å²) in [4.78, 5) is 17.5. The number of nitrogens with zero attached hydrogens (tertiary/aromatic N) is 2. The Bertz CT molecular complexity index is 606. The first kappa shape index (κ1) is 16.9. The van der Waals surface area contributed by atoms with E-state index in [0.717, 1.165) is 45.8 Å². The Kier molecular flexibility index (Phi) is 4.69. The van der Waals surface area contributed by atoms with Crippen molar-refractivity contribution in [3.8, 4) is 0 Å². The van der Waals surface area contributed by atoms with Crippen molar-refractivity contribution >= 4 is 6.03 Å². The highest BCUT2D eigenvalue weighted by Gasteiger charge is 2.52. The molecule has 1 aromatic carbocycles. The number of likely N-dealkylation sites (tertiary alicyclic amines) is 1. The highest BCUT2D eigenvalue weighted by Crippen LogP contribution is 2.49. The number of hydrogen-bond donors (Lipinski definition) is 1. The van der Waals surface area contributed by atoms with Crippen LogP contribution in [0.25, 0.3) is 0 Å². The molecule has 1 N–H and O–H groups in total. The number of rotatable bonds is 4. The predicted octanol–water partition coefficient (Wildman–Crippen LogP) is 2.71. The molecule has 5 nitrogen and oxygen atoms in total. The number of amides is 2. The van der Waals surface area contributed by atoms with E-state index in [2.05, 4.69) is 46.3 Å². The van der Waals surface area contributed by atoms with Crippen LogP contribution in [0, 0.1) is 6.92 Å². The van der Waals surface area contributed by atoms with Crippen LogP contribution in [-0.2, 0) is 4.74 Å². The van der Waals surface area contributed by atoms with Gasteiger partial charge in [0.1, 0.15) is 0 Å². The summed E-state index contributed by atoms with van der Waals surface area (Å²) in [5.41, 5.74) is 2.63. The molecule has 1 atom stereocenters. The molecular formula is C20H29N3O2.